The van der Waals surface area contributed by atoms with Gasteiger partial charge in [0.1, 0.15) is 31.1 Å². The van der Waals surface area contributed by atoms with Crippen molar-refractivity contribution in [3.8, 4) is 31.7 Å². The highest BCUT2D eigenvalue weighted by atomic mass is 32.2. The lowest BCUT2D eigenvalue weighted by atomic mass is 10.1. The minimum Gasteiger partial charge on any atom is -0.481 e. The van der Waals surface area contributed by atoms with Gasteiger partial charge in [-0.2, -0.15) is 16.8 Å². The van der Waals surface area contributed by atoms with E-state index in [-0.39, 0.29) is 57.8 Å². The molecule has 0 aliphatic heterocycles. The molecule has 6 aromatic carbocycles. The van der Waals surface area contributed by atoms with E-state index in [4.69, 9.17) is 41.2 Å². The van der Waals surface area contributed by atoms with Crippen LogP contribution in [0.3, 0.4) is 0 Å². The normalized spacial score (nSPS) is 11.4. The SMILES string of the molecule is O=C(O)CCCCCNc1cc2oc(=O)c(-c3nc4ccccc4s3)cc2cc1S(=O)(=O)O.O=C(O)CCCCCNc1ccc2cc(-c3nc4ccccc4s3)c(=O)oc2c1.O=C(O)CCCCCNc1ccc2cc(-c3nc4ccccc4s3)c(=O)oc2c1S(=O)(=O)O.O=S(=O)=O. The molecule has 0 aliphatic rings. The van der Waals surface area contributed by atoms with E-state index in [2.05, 4.69) is 30.9 Å². The van der Waals surface area contributed by atoms with Gasteiger partial charge in [0.05, 0.1) is 58.7 Å². The quantitative estimate of drug-likeness (QED) is 0.0142. The van der Waals surface area contributed by atoms with Gasteiger partial charge in [-0.15, -0.1) is 46.6 Å². The van der Waals surface area contributed by atoms with E-state index in [1.807, 2.05) is 97.1 Å². The van der Waals surface area contributed by atoms with Crippen molar-refractivity contribution in [2.24, 2.45) is 0 Å². The summed E-state index contributed by atoms with van der Waals surface area (Å²) in [5, 5.41) is 38.2. The molecule has 8 N–H and O–H groups in total. The van der Waals surface area contributed by atoms with E-state index in [0.717, 1.165) is 61.1 Å². The summed E-state index contributed by atoms with van der Waals surface area (Å²) in [6, 6.07) is 38.8. The second-order valence-electron chi connectivity index (χ2n) is 21.9. The van der Waals surface area contributed by atoms with Crippen LogP contribution in [0.25, 0.3) is 95.3 Å². The largest absolute Gasteiger partial charge is 0.481 e. The van der Waals surface area contributed by atoms with Gasteiger partial charge in [-0.25, -0.2) is 29.3 Å². The molecule has 0 fully saturated rings. The zero-order valence-electron chi connectivity index (χ0n) is 51.9. The summed E-state index contributed by atoms with van der Waals surface area (Å²) in [7, 11) is -12.4. The Kier molecular flexibility index (Phi) is 24.7. The van der Waals surface area contributed by atoms with Crippen LogP contribution in [0.5, 0.6) is 0 Å². The number of fused-ring (bicyclic) bond motifs is 6. The third kappa shape index (κ3) is 20.0. The highest BCUT2D eigenvalue weighted by Gasteiger charge is 2.25. The molecule has 12 rings (SSSR count). The number of carboxylic acid groups (broad SMARTS) is 3. The molecule has 27 nitrogen and oxygen atoms in total. The number of unbranched alkanes of at least 4 members (excludes halogenated alkanes) is 6. The molecule has 6 heterocycles. The summed E-state index contributed by atoms with van der Waals surface area (Å²) in [5.74, 6) is -2.49. The first-order valence-electron chi connectivity index (χ1n) is 30.3. The molecule has 0 radical (unpaired) electrons. The van der Waals surface area contributed by atoms with Gasteiger partial charge in [0.25, 0.3) is 20.2 Å². The lowest BCUT2D eigenvalue weighted by molar-refractivity contribution is -0.138. The number of para-hydroxylation sites is 3. The van der Waals surface area contributed by atoms with Crippen LogP contribution in [0, 0.1) is 0 Å². The van der Waals surface area contributed by atoms with E-state index in [1.54, 1.807) is 6.07 Å². The molecular formula is C66H60N6O21S6. The molecule has 0 amide bonds. The zero-order valence-corrected chi connectivity index (χ0v) is 56.8. The molecular weight excluding hydrogens is 1410 g/mol. The van der Waals surface area contributed by atoms with Gasteiger partial charge >= 0.3 is 45.4 Å². The Labute approximate surface area is 575 Å². The second kappa shape index (κ2) is 33.4. The van der Waals surface area contributed by atoms with Crippen LogP contribution in [-0.4, -0.2) is 106 Å². The molecule has 0 spiro atoms. The smallest absolute Gasteiger partial charge is 0.425 e. The first kappa shape index (κ1) is 73.1. The minimum absolute atomic E-state index is 0.0639. The van der Waals surface area contributed by atoms with Crippen molar-refractivity contribution in [1.82, 2.24) is 15.0 Å². The van der Waals surface area contributed by atoms with Crippen LogP contribution in [0.1, 0.15) is 77.0 Å². The van der Waals surface area contributed by atoms with Crippen LogP contribution in [0.4, 0.5) is 17.1 Å². The van der Waals surface area contributed by atoms with E-state index in [1.165, 1.54) is 64.3 Å². The highest BCUT2D eigenvalue weighted by molar-refractivity contribution is 7.86. The van der Waals surface area contributed by atoms with Crippen LogP contribution in [0.15, 0.2) is 171 Å². The van der Waals surface area contributed by atoms with Gasteiger partial charge in [-0.1, -0.05) is 55.7 Å². The van der Waals surface area contributed by atoms with Crippen LogP contribution >= 0.6 is 34.0 Å². The number of aliphatic carboxylic acids is 3. The number of aromatic nitrogens is 3. The fourth-order valence-corrected chi connectivity index (χ4v) is 14.5. The number of hydrogen-bond donors (Lipinski definition) is 8. The molecule has 0 unspecified atom stereocenters. The maximum atomic E-state index is 12.7. The summed E-state index contributed by atoms with van der Waals surface area (Å²) in [6.45, 7) is 1.43. The fourth-order valence-electron chi connectivity index (χ4n) is 10.1. The predicted octanol–water partition coefficient (Wildman–Crippen LogP) is 12.9. The molecule has 0 saturated carbocycles. The van der Waals surface area contributed by atoms with Gasteiger partial charge in [0, 0.05) is 72.9 Å². The monoisotopic (exact) mass is 1460 g/mol. The topological polar surface area (TPSA) is 437 Å². The number of hydrogen-bond acceptors (Lipinski definition) is 25. The number of rotatable bonds is 26. The van der Waals surface area contributed by atoms with Gasteiger partial charge in [-0.3, -0.25) is 23.5 Å². The molecule has 0 saturated heterocycles. The number of benzene rings is 6. The van der Waals surface area contributed by atoms with Crippen molar-refractivity contribution < 1.29 is 81.5 Å². The molecule has 6 aromatic heterocycles. The Hall–Kier alpha value is -10.1. The van der Waals surface area contributed by atoms with Crippen LogP contribution < -0.4 is 32.8 Å². The van der Waals surface area contributed by atoms with E-state index in [0.29, 0.717) is 95.0 Å². The first-order chi connectivity index (χ1) is 47.3. The molecule has 0 aliphatic carbocycles. The Balaban J connectivity index is 0.000000169. The number of nitrogens with one attached hydrogen (secondary N) is 3. The maximum absolute atomic E-state index is 12.7. The number of carboxylic acids is 3. The number of nitrogens with zero attached hydrogens (tertiary/aromatic N) is 3. The third-order valence-corrected chi connectivity index (χ3v) is 19.7. The summed E-state index contributed by atoms with van der Waals surface area (Å²) < 4.78 is 112. The molecule has 516 valence electrons. The fraction of sp³-hybridized carbons (Fsp3) is 0.227. The molecule has 12 aromatic rings. The van der Waals surface area contributed by atoms with Crippen molar-refractivity contribution in [3.63, 3.8) is 0 Å². The number of thiazole rings is 3. The second-order valence-corrected chi connectivity index (χ2v) is 28.1. The Morgan fingerprint density at radius 3 is 1.26 bits per heavy atom. The highest BCUT2D eigenvalue weighted by Crippen LogP contribution is 2.37. The average Bonchev–Trinajstić information content (AvgIpc) is 1.13. The molecule has 99 heavy (non-hydrogen) atoms. The Bertz CT molecular complexity index is 5330. The van der Waals surface area contributed by atoms with E-state index in [9.17, 15) is 54.7 Å². The summed E-state index contributed by atoms with van der Waals surface area (Å²) in [6.07, 6.45) is 6.21. The van der Waals surface area contributed by atoms with E-state index >= 15 is 0 Å². The minimum atomic E-state index is -4.72. The van der Waals surface area contributed by atoms with E-state index < -0.39 is 70.5 Å². The summed E-state index contributed by atoms with van der Waals surface area (Å²) in [4.78, 5) is 82.2. The Morgan fingerprint density at radius 1 is 0.434 bits per heavy atom. The third-order valence-electron chi connectivity index (χ3n) is 14.7. The van der Waals surface area contributed by atoms with Gasteiger partial charge in [0.15, 0.2) is 10.5 Å². The average molecular weight is 1470 g/mol. The first-order valence-corrected chi connectivity index (χ1v) is 36.6. The van der Waals surface area contributed by atoms with Crippen molar-refractivity contribution in [1.29, 1.82) is 0 Å². The van der Waals surface area contributed by atoms with Crippen molar-refractivity contribution in [3.05, 3.63) is 165 Å². The van der Waals surface area contributed by atoms with Gasteiger partial charge < -0.3 is 44.5 Å². The molecule has 0 bridgehead atoms. The predicted molar refractivity (Wildman–Crippen MR) is 376 cm³/mol. The lowest BCUT2D eigenvalue weighted by Gasteiger charge is -2.12. The molecule has 33 heteroatoms. The number of carbonyl (C=O) groups is 3. The Morgan fingerprint density at radius 2 is 0.828 bits per heavy atom. The van der Waals surface area contributed by atoms with Crippen molar-refractivity contribution in [2.75, 3.05) is 35.6 Å². The molecule has 0 atom stereocenters. The van der Waals surface area contributed by atoms with Crippen LogP contribution in [0.2, 0.25) is 0 Å². The zero-order chi connectivity index (χ0) is 71.0. The van der Waals surface area contributed by atoms with Gasteiger partial charge in [-0.05, 0) is 123 Å². The van der Waals surface area contributed by atoms with Crippen molar-refractivity contribution >= 4 is 163 Å². The lowest BCUT2D eigenvalue weighted by Crippen LogP contribution is -2.10. The van der Waals surface area contributed by atoms with Crippen molar-refractivity contribution in [2.45, 2.75) is 86.8 Å². The number of anilines is 3. The maximum Gasteiger partial charge on any atom is 0.425 e. The summed E-state index contributed by atoms with van der Waals surface area (Å²) >= 11 is 4.11. The van der Waals surface area contributed by atoms with Gasteiger partial charge in [0.2, 0.25) is 0 Å². The summed E-state index contributed by atoms with van der Waals surface area (Å²) in [5.41, 5.74) is 2.92. The van der Waals surface area contributed by atoms with Crippen LogP contribution in [-0.2, 0) is 45.2 Å². The standard InChI is InChI=1S/2C22H20N2O7S2.C22H20N2O4S.O3S/c25-18(26)8-2-1-5-11-23-16-10-9-13-12-14(21-24-15-6-3-4-7-17(15)32-21)22(27)31-19(13)20(16)33(28,29)30;25-20(26)8-2-1-5-9-23-16-12-17-13(11-19(16)33(28,29)30)10-14(22(27)31-17)21-24-15-6-3-4-7-18(15)32-21;25-20(26)8-2-1-5-11-23-15-10-9-14-12-16(22(27)28-18(14)13-15)21-24-17-6-3-4-7-19(17)29-21;1-4(2)3/h3-4,6-7,9-10,12,23H,1-2,5,8,11H2,(H,25,26)(H,28,29,30);3-4,6-7,10-12,23H,1-2,5,8-9H2,(H,25,26)(H,28,29,30);3-4,6-7,9-10,12-13,23H,1-2,5,8,11H2,(H,25,26);.